The number of para-hydroxylation sites is 1. The molecule has 0 bridgehead atoms. The molecule has 4 aromatic rings. The number of nitrogens with zero attached hydrogens (tertiary/aromatic N) is 3. The predicted octanol–water partition coefficient (Wildman–Crippen LogP) is 4.67. The minimum absolute atomic E-state index is 0.417. The van der Waals surface area contributed by atoms with E-state index in [2.05, 4.69) is 15.1 Å². The Morgan fingerprint density at radius 1 is 1.00 bits per heavy atom. The topological polar surface area (TPSA) is 51.8 Å². The lowest BCUT2D eigenvalue weighted by atomic mass is 10.2. The monoisotopic (exact) mass is 313 g/mol. The zero-order chi connectivity index (χ0) is 14.2. The molecule has 4 rings (SSSR count). The largest absolute Gasteiger partial charge is 0.333 e. The fraction of sp³-hybridized carbons (Fsp3) is 0. The van der Waals surface area contributed by atoms with Gasteiger partial charge in [-0.2, -0.15) is 4.98 Å². The SMILES string of the molecule is Clc1ccsc1-c1nc(-c2ccc3ccccc3n2)no1. The lowest BCUT2D eigenvalue weighted by molar-refractivity contribution is 0.433. The van der Waals surface area contributed by atoms with E-state index in [0.717, 1.165) is 15.8 Å². The number of thiophene rings is 1. The van der Waals surface area contributed by atoms with Gasteiger partial charge in [-0.25, -0.2) is 4.98 Å². The molecule has 3 aromatic heterocycles. The molecule has 0 saturated heterocycles. The molecule has 3 heterocycles. The summed E-state index contributed by atoms with van der Waals surface area (Å²) in [7, 11) is 0. The molecule has 0 unspecified atom stereocenters. The van der Waals surface area contributed by atoms with Crippen molar-refractivity contribution < 1.29 is 4.52 Å². The van der Waals surface area contributed by atoms with Crippen molar-refractivity contribution >= 4 is 33.8 Å². The van der Waals surface area contributed by atoms with Crippen molar-refractivity contribution in [2.24, 2.45) is 0 Å². The van der Waals surface area contributed by atoms with E-state index >= 15 is 0 Å². The van der Waals surface area contributed by atoms with Crippen molar-refractivity contribution in [3.63, 3.8) is 0 Å². The molecule has 4 nitrogen and oxygen atoms in total. The fourth-order valence-corrected chi connectivity index (χ4v) is 3.11. The molecular weight excluding hydrogens is 306 g/mol. The van der Waals surface area contributed by atoms with Gasteiger partial charge in [-0.3, -0.25) is 0 Å². The Bertz CT molecular complexity index is 931. The zero-order valence-corrected chi connectivity index (χ0v) is 12.2. The second kappa shape index (κ2) is 4.95. The lowest BCUT2D eigenvalue weighted by Gasteiger charge is -1.98. The van der Waals surface area contributed by atoms with Gasteiger partial charge in [0.05, 0.1) is 10.5 Å². The average Bonchev–Trinajstić information content (AvgIpc) is 3.15. The number of aromatic nitrogens is 3. The lowest BCUT2D eigenvalue weighted by Crippen LogP contribution is -1.87. The Morgan fingerprint density at radius 2 is 1.90 bits per heavy atom. The van der Waals surface area contributed by atoms with Crippen molar-refractivity contribution in [3.05, 3.63) is 52.9 Å². The van der Waals surface area contributed by atoms with Crippen LogP contribution in [-0.2, 0) is 0 Å². The highest BCUT2D eigenvalue weighted by molar-refractivity contribution is 7.14. The van der Waals surface area contributed by atoms with Crippen molar-refractivity contribution in [1.29, 1.82) is 0 Å². The third-order valence-corrected chi connectivity index (χ3v) is 4.39. The highest BCUT2D eigenvalue weighted by Crippen LogP contribution is 2.33. The van der Waals surface area contributed by atoms with Crippen molar-refractivity contribution in [2.75, 3.05) is 0 Å². The minimum atomic E-state index is 0.417. The zero-order valence-electron chi connectivity index (χ0n) is 10.7. The molecule has 102 valence electrons. The van der Waals surface area contributed by atoms with E-state index < -0.39 is 0 Å². The molecule has 0 saturated carbocycles. The molecule has 0 spiro atoms. The Balaban J connectivity index is 1.79. The summed E-state index contributed by atoms with van der Waals surface area (Å²) in [5.74, 6) is 0.875. The number of hydrogen-bond acceptors (Lipinski definition) is 5. The summed E-state index contributed by atoms with van der Waals surface area (Å²) in [6.45, 7) is 0. The van der Waals surface area contributed by atoms with E-state index in [4.69, 9.17) is 16.1 Å². The van der Waals surface area contributed by atoms with E-state index in [1.54, 1.807) is 6.07 Å². The molecule has 0 aliphatic rings. The van der Waals surface area contributed by atoms with Gasteiger partial charge in [0.2, 0.25) is 5.82 Å². The van der Waals surface area contributed by atoms with Crippen LogP contribution in [0.4, 0.5) is 0 Å². The second-order valence-electron chi connectivity index (χ2n) is 4.41. The van der Waals surface area contributed by atoms with Gasteiger partial charge >= 0.3 is 0 Å². The summed E-state index contributed by atoms with van der Waals surface area (Å²) in [6, 6.07) is 13.6. The molecule has 6 heteroatoms. The van der Waals surface area contributed by atoms with E-state index in [1.807, 2.05) is 41.8 Å². The van der Waals surface area contributed by atoms with Crippen molar-refractivity contribution in [3.8, 4) is 22.3 Å². The molecule has 21 heavy (non-hydrogen) atoms. The van der Waals surface area contributed by atoms with Crippen molar-refractivity contribution in [1.82, 2.24) is 15.1 Å². The van der Waals surface area contributed by atoms with Crippen LogP contribution in [0, 0.1) is 0 Å². The smallest absolute Gasteiger partial charge is 0.269 e. The third kappa shape index (κ3) is 2.20. The predicted molar refractivity (Wildman–Crippen MR) is 83.4 cm³/mol. The fourth-order valence-electron chi connectivity index (χ4n) is 2.06. The van der Waals surface area contributed by atoms with Crippen LogP contribution in [0.5, 0.6) is 0 Å². The van der Waals surface area contributed by atoms with E-state index in [0.29, 0.717) is 22.4 Å². The second-order valence-corrected chi connectivity index (χ2v) is 5.73. The first-order valence-electron chi connectivity index (χ1n) is 6.24. The number of halogens is 1. The van der Waals surface area contributed by atoms with Crippen LogP contribution < -0.4 is 0 Å². The summed E-state index contributed by atoms with van der Waals surface area (Å²) in [4.78, 5) is 9.70. The van der Waals surface area contributed by atoms with Crippen LogP contribution in [-0.4, -0.2) is 15.1 Å². The molecule has 1 aromatic carbocycles. The maximum Gasteiger partial charge on any atom is 0.269 e. The van der Waals surface area contributed by atoms with E-state index in [1.165, 1.54) is 11.3 Å². The van der Waals surface area contributed by atoms with Gasteiger partial charge in [-0.15, -0.1) is 11.3 Å². The van der Waals surface area contributed by atoms with Crippen LogP contribution in [0.3, 0.4) is 0 Å². The Kier molecular flexibility index (Phi) is 2.94. The van der Waals surface area contributed by atoms with Gasteiger partial charge in [0.15, 0.2) is 0 Å². The van der Waals surface area contributed by atoms with Gasteiger partial charge in [0.1, 0.15) is 10.6 Å². The Hall–Kier alpha value is -2.24. The van der Waals surface area contributed by atoms with Crippen LogP contribution in [0.15, 0.2) is 52.4 Å². The van der Waals surface area contributed by atoms with Crippen LogP contribution in [0.25, 0.3) is 33.2 Å². The summed E-state index contributed by atoms with van der Waals surface area (Å²) >= 11 is 7.54. The maximum absolute atomic E-state index is 6.07. The molecule has 0 atom stereocenters. The van der Waals surface area contributed by atoms with Gasteiger partial charge in [0, 0.05) is 5.39 Å². The molecule has 0 aliphatic heterocycles. The third-order valence-electron chi connectivity index (χ3n) is 3.06. The van der Waals surface area contributed by atoms with Gasteiger partial charge < -0.3 is 4.52 Å². The normalized spacial score (nSPS) is 11.1. The molecule has 0 fully saturated rings. The van der Waals surface area contributed by atoms with Crippen molar-refractivity contribution in [2.45, 2.75) is 0 Å². The van der Waals surface area contributed by atoms with Gasteiger partial charge in [-0.05, 0) is 23.6 Å². The van der Waals surface area contributed by atoms with Gasteiger partial charge in [-0.1, -0.05) is 41.0 Å². The standard InChI is InChI=1S/C15H8ClN3OS/c16-10-7-8-21-13(10)15-18-14(19-20-15)12-6-5-9-3-1-2-4-11(9)17-12/h1-8H. The number of hydrogen-bond donors (Lipinski definition) is 0. The first kappa shape index (κ1) is 12.5. The maximum atomic E-state index is 6.07. The highest BCUT2D eigenvalue weighted by Gasteiger charge is 2.15. The average molecular weight is 314 g/mol. The Morgan fingerprint density at radius 3 is 2.76 bits per heavy atom. The Labute approximate surface area is 129 Å². The molecule has 0 amide bonds. The number of rotatable bonds is 2. The first-order chi connectivity index (χ1) is 10.3. The number of pyridine rings is 1. The number of fused-ring (bicyclic) bond motifs is 1. The molecule has 0 N–H and O–H groups in total. The van der Waals surface area contributed by atoms with Crippen LogP contribution >= 0.6 is 22.9 Å². The van der Waals surface area contributed by atoms with Crippen LogP contribution in [0.2, 0.25) is 5.02 Å². The van der Waals surface area contributed by atoms with Crippen LogP contribution in [0.1, 0.15) is 0 Å². The highest BCUT2D eigenvalue weighted by atomic mass is 35.5. The quantitative estimate of drug-likeness (QED) is 0.540. The van der Waals surface area contributed by atoms with E-state index in [-0.39, 0.29) is 0 Å². The summed E-state index contributed by atoms with van der Waals surface area (Å²) in [6.07, 6.45) is 0. The molecule has 0 radical (unpaired) electrons. The summed E-state index contributed by atoms with van der Waals surface area (Å²) in [5.41, 5.74) is 1.58. The van der Waals surface area contributed by atoms with E-state index in [9.17, 15) is 0 Å². The number of benzene rings is 1. The first-order valence-corrected chi connectivity index (χ1v) is 7.50. The summed E-state index contributed by atoms with van der Waals surface area (Å²) < 4.78 is 5.28. The summed E-state index contributed by atoms with van der Waals surface area (Å²) in [5, 5.41) is 7.56. The van der Waals surface area contributed by atoms with Gasteiger partial charge in [0.25, 0.3) is 5.89 Å². The molecular formula is C15H8ClN3OS. The minimum Gasteiger partial charge on any atom is -0.333 e. The molecule has 0 aliphatic carbocycles.